The van der Waals surface area contributed by atoms with Gasteiger partial charge in [-0.15, -0.1) is 0 Å². The van der Waals surface area contributed by atoms with E-state index in [0.29, 0.717) is 6.54 Å². The number of amides is 1. The van der Waals surface area contributed by atoms with Gasteiger partial charge in [0.15, 0.2) is 6.61 Å². The molecule has 1 aromatic carbocycles. The Balaban J connectivity index is 1.79. The minimum Gasteiger partial charge on any atom is -0.483 e. The molecule has 0 saturated heterocycles. The molecule has 21 heavy (non-hydrogen) atoms. The van der Waals surface area contributed by atoms with Crippen molar-refractivity contribution in [1.82, 2.24) is 15.3 Å². The predicted molar refractivity (Wildman–Crippen MR) is 81.4 cm³/mol. The van der Waals surface area contributed by atoms with Crippen LogP contribution in [0.1, 0.15) is 22.4 Å². The summed E-state index contributed by atoms with van der Waals surface area (Å²) in [7, 11) is 0. The Morgan fingerprint density at radius 3 is 2.62 bits per heavy atom. The van der Waals surface area contributed by atoms with Gasteiger partial charge in [0.1, 0.15) is 5.75 Å². The molecule has 1 heterocycles. The number of nitrogens with zero attached hydrogens (tertiary/aromatic N) is 1. The van der Waals surface area contributed by atoms with Crippen LogP contribution in [-0.4, -0.2) is 29.0 Å². The number of aromatic nitrogens is 2. The fraction of sp³-hybridized carbons (Fsp3) is 0.375. The highest BCUT2D eigenvalue weighted by Gasteiger charge is 2.08. The van der Waals surface area contributed by atoms with E-state index in [0.717, 1.165) is 29.0 Å². The lowest BCUT2D eigenvalue weighted by Gasteiger charge is -2.13. The molecule has 0 spiro atoms. The Hall–Kier alpha value is -2.30. The van der Waals surface area contributed by atoms with Gasteiger partial charge in [-0.1, -0.05) is 17.7 Å². The van der Waals surface area contributed by atoms with E-state index in [1.165, 1.54) is 5.56 Å². The van der Waals surface area contributed by atoms with Crippen LogP contribution in [0.2, 0.25) is 0 Å². The van der Waals surface area contributed by atoms with E-state index in [1.54, 1.807) is 12.5 Å². The summed E-state index contributed by atoms with van der Waals surface area (Å²) in [5.41, 5.74) is 4.30. The number of nitrogens with one attached hydrogen (secondary N) is 2. The van der Waals surface area contributed by atoms with E-state index in [-0.39, 0.29) is 12.5 Å². The molecule has 0 radical (unpaired) electrons. The second-order valence-corrected chi connectivity index (χ2v) is 5.19. The molecule has 5 nitrogen and oxygen atoms in total. The van der Waals surface area contributed by atoms with Gasteiger partial charge < -0.3 is 15.0 Å². The van der Waals surface area contributed by atoms with Crippen molar-refractivity contribution in [2.75, 3.05) is 13.2 Å². The SMILES string of the molecule is Cc1cc(C)c(OCC(=O)NCCc2cnc[nH]2)c(C)c1. The summed E-state index contributed by atoms with van der Waals surface area (Å²) >= 11 is 0. The van der Waals surface area contributed by atoms with E-state index in [4.69, 9.17) is 4.74 Å². The van der Waals surface area contributed by atoms with E-state index < -0.39 is 0 Å². The quantitative estimate of drug-likeness (QED) is 0.854. The summed E-state index contributed by atoms with van der Waals surface area (Å²) in [6.07, 6.45) is 4.11. The van der Waals surface area contributed by atoms with Crippen molar-refractivity contribution in [2.24, 2.45) is 0 Å². The number of hydrogen-bond donors (Lipinski definition) is 2. The molecule has 2 rings (SSSR count). The van der Waals surface area contributed by atoms with Crippen LogP contribution in [0.3, 0.4) is 0 Å². The van der Waals surface area contributed by atoms with Crippen LogP contribution >= 0.6 is 0 Å². The Bertz CT molecular complexity index is 583. The van der Waals surface area contributed by atoms with Crippen LogP contribution in [0, 0.1) is 20.8 Å². The molecule has 0 aliphatic rings. The highest BCUT2D eigenvalue weighted by atomic mass is 16.5. The first kappa shape index (κ1) is 15.1. The van der Waals surface area contributed by atoms with Gasteiger partial charge in [-0.3, -0.25) is 4.79 Å². The first-order valence-electron chi connectivity index (χ1n) is 7.01. The van der Waals surface area contributed by atoms with Gasteiger partial charge >= 0.3 is 0 Å². The largest absolute Gasteiger partial charge is 0.483 e. The van der Waals surface area contributed by atoms with Crippen molar-refractivity contribution in [1.29, 1.82) is 0 Å². The maximum Gasteiger partial charge on any atom is 0.257 e. The topological polar surface area (TPSA) is 67.0 Å². The number of H-pyrrole nitrogens is 1. The molecule has 0 bridgehead atoms. The lowest BCUT2D eigenvalue weighted by Crippen LogP contribution is -2.30. The van der Waals surface area contributed by atoms with Crippen LogP contribution in [-0.2, 0) is 11.2 Å². The predicted octanol–water partition coefficient (Wildman–Crippen LogP) is 2.07. The van der Waals surface area contributed by atoms with Crippen LogP contribution in [0.4, 0.5) is 0 Å². The summed E-state index contributed by atoms with van der Waals surface area (Å²) in [5, 5.41) is 2.83. The molecule has 1 aromatic heterocycles. The average molecular weight is 287 g/mol. The number of aryl methyl sites for hydroxylation is 3. The lowest BCUT2D eigenvalue weighted by molar-refractivity contribution is -0.123. The molecule has 0 saturated carbocycles. The molecule has 0 fully saturated rings. The van der Waals surface area contributed by atoms with Crippen molar-refractivity contribution in [3.8, 4) is 5.75 Å². The van der Waals surface area contributed by atoms with E-state index in [9.17, 15) is 4.79 Å². The molecule has 1 amide bonds. The fourth-order valence-corrected chi connectivity index (χ4v) is 2.34. The van der Waals surface area contributed by atoms with Gasteiger partial charge in [-0.25, -0.2) is 4.98 Å². The Labute approximate surface area is 124 Å². The van der Waals surface area contributed by atoms with E-state index >= 15 is 0 Å². The molecule has 0 unspecified atom stereocenters. The van der Waals surface area contributed by atoms with Gasteiger partial charge in [0.25, 0.3) is 5.91 Å². The van der Waals surface area contributed by atoms with Crippen LogP contribution in [0.5, 0.6) is 5.75 Å². The number of carbonyl (C=O) groups is 1. The number of rotatable bonds is 6. The smallest absolute Gasteiger partial charge is 0.257 e. The average Bonchev–Trinajstić information content (AvgIpc) is 2.90. The Morgan fingerprint density at radius 1 is 1.29 bits per heavy atom. The van der Waals surface area contributed by atoms with Crippen LogP contribution < -0.4 is 10.1 Å². The molecule has 112 valence electrons. The fourth-order valence-electron chi connectivity index (χ4n) is 2.34. The number of imidazole rings is 1. The zero-order chi connectivity index (χ0) is 15.2. The number of ether oxygens (including phenoxy) is 1. The summed E-state index contributed by atoms with van der Waals surface area (Å²) in [6.45, 7) is 6.63. The third kappa shape index (κ3) is 4.34. The normalized spacial score (nSPS) is 10.4. The molecule has 2 N–H and O–H groups in total. The summed E-state index contributed by atoms with van der Waals surface area (Å²) in [4.78, 5) is 18.7. The molecular formula is C16H21N3O2. The highest BCUT2D eigenvalue weighted by molar-refractivity contribution is 5.77. The van der Waals surface area contributed by atoms with E-state index in [2.05, 4.69) is 27.4 Å². The second kappa shape index (κ2) is 6.92. The maximum atomic E-state index is 11.8. The Morgan fingerprint density at radius 2 is 2.00 bits per heavy atom. The minimum atomic E-state index is -0.117. The standard InChI is InChI=1S/C16H21N3O2/c1-11-6-12(2)16(13(3)7-11)21-9-15(20)18-5-4-14-8-17-10-19-14/h6-8,10H,4-5,9H2,1-3H3,(H,17,19)(H,18,20). The maximum absolute atomic E-state index is 11.8. The van der Waals surface area contributed by atoms with Gasteiger partial charge in [0, 0.05) is 24.9 Å². The molecular weight excluding hydrogens is 266 g/mol. The highest BCUT2D eigenvalue weighted by Crippen LogP contribution is 2.24. The van der Waals surface area contributed by atoms with Gasteiger partial charge in [0.2, 0.25) is 0 Å². The summed E-state index contributed by atoms with van der Waals surface area (Å²) in [5.74, 6) is 0.679. The van der Waals surface area contributed by atoms with Crippen LogP contribution in [0.25, 0.3) is 0 Å². The zero-order valence-corrected chi connectivity index (χ0v) is 12.7. The number of aromatic amines is 1. The number of carbonyl (C=O) groups excluding carboxylic acids is 1. The van der Waals surface area contributed by atoms with Crippen molar-refractivity contribution in [3.05, 3.63) is 47.0 Å². The van der Waals surface area contributed by atoms with Crippen molar-refractivity contribution in [3.63, 3.8) is 0 Å². The third-order valence-electron chi connectivity index (χ3n) is 3.22. The first-order valence-corrected chi connectivity index (χ1v) is 7.01. The summed E-state index contributed by atoms with van der Waals surface area (Å²) < 4.78 is 5.64. The zero-order valence-electron chi connectivity index (χ0n) is 12.7. The molecule has 0 atom stereocenters. The molecule has 0 aliphatic carbocycles. The van der Waals surface area contributed by atoms with Crippen molar-refractivity contribution >= 4 is 5.91 Å². The molecule has 0 aliphatic heterocycles. The second-order valence-electron chi connectivity index (χ2n) is 5.19. The van der Waals surface area contributed by atoms with Gasteiger partial charge in [-0.2, -0.15) is 0 Å². The number of hydrogen-bond acceptors (Lipinski definition) is 3. The molecule has 5 heteroatoms. The van der Waals surface area contributed by atoms with Crippen LogP contribution in [0.15, 0.2) is 24.7 Å². The third-order valence-corrected chi connectivity index (χ3v) is 3.22. The summed E-state index contributed by atoms with van der Waals surface area (Å²) in [6, 6.07) is 4.11. The van der Waals surface area contributed by atoms with Gasteiger partial charge in [-0.05, 0) is 31.9 Å². The van der Waals surface area contributed by atoms with Gasteiger partial charge in [0.05, 0.1) is 6.33 Å². The monoisotopic (exact) mass is 287 g/mol. The lowest BCUT2D eigenvalue weighted by atomic mass is 10.1. The number of benzene rings is 1. The Kier molecular flexibility index (Phi) is 4.98. The van der Waals surface area contributed by atoms with Crippen molar-refractivity contribution < 1.29 is 9.53 Å². The first-order chi connectivity index (χ1) is 10.1. The van der Waals surface area contributed by atoms with Crippen molar-refractivity contribution in [2.45, 2.75) is 27.2 Å². The minimum absolute atomic E-state index is 0.0354. The molecule has 2 aromatic rings. The van der Waals surface area contributed by atoms with E-state index in [1.807, 2.05) is 20.8 Å².